The van der Waals surface area contributed by atoms with E-state index in [9.17, 15) is 4.79 Å². The zero-order valence-electron chi connectivity index (χ0n) is 16.7. The first-order valence-corrected chi connectivity index (χ1v) is 10.7. The molecule has 2 heterocycles. The van der Waals surface area contributed by atoms with Gasteiger partial charge in [-0.2, -0.15) is 0 Å². The Balaban J connectivity index is 1.76. The monoisotopic (exact) mass is 400 g/mol. The summed E-state index contributed by atoms with van der Waals surface area (Å²) in [5.74, 6) is 1.26. The molecule has 1 amide bonds. The van der Waals surface area contributed by atoms with Crippen LogP contribution in [0.25, 0.3) is 10.9 Å². The Bertz CT molecular complexity index is 836. The van der Waals surface area contributed by atoms with Crippen LogP contribution in [0.2, 0.25) is 0 Å². The van der Waals surface area contributed by atoms with Crippen LogP contribution < -0.4 is 0 Å². The van der Waals surface area contributed by atoms with E-state index in [1.807, 2.05) is 43.0 Å². The molecule has 0 spiro atoms. The second-order valence-electron chi connectivity index (χ2n) is 7.00. The topological polar surface area (TPSA) is 58.6 Å². The highest BCUT2D eigenvalue weighted by Gasteiger charge is 2.17. The van der Waals surface area contributed by atoms with Gasteiger partial charge in [0.05, 0.1) is 31.0 Å². The van der Waals surface area contributed by atoms with E-state index in [0.29, 0.717) is 25.4 Å². The first-order valence-electron chi connectivity index (χ1n) is 9.67. The maximum absolute atomic E-state index is 12.6. The number of para-hydroxylation sites is 1. The number of hydrogen-bond acceptors (Lipinski definition) is 6. The number of amides is 1. The molecule has 6 nitrogen and oxygen atoms in total. The predicted octanol–water partition coefficient (Wildman–Crippen LogP) is 2.98. The third-order valence-electron chi connectivity index (χ3n) is 4.61. The Morgan fingerprint density at radius 1 is 1.29 bits per heavy atom. The van der Waals surface area contributed by atoms with Crippen molar-refractivity contribution in [1.29, 1.82) is 0 Å². The van der Waals surface area contributed by atoms with E-state index in [0.717, 1.165) is 53.6 Å². The maximum Gasteiger partial charge on any atom is 0.233 e. The van der Waals surface area contributed by atoms with Gasteiger partial charge in [0.2, 0.25) is 5.91 Å². The van der Waals surface area contributed by atoms with E-state index in [-0.39, 0.29) is 5.91 Å². The minimum atomic E-state index is 0.105. The van der Waals surface area contributed by atoms with E-state index >= 15 is 0 Å². The van der Waals surface area contributed by atoms with Gasteiger partial charge >= 0.3 is 0 Å². The van der Waals surface area contributed by atoms with Crippen LogP contribution >= 0.6 is 11.8 Å². The Hall–Kier alpha value is -1.96. The number of likely N-dealkylation sites (N-methyl/N-ethyl adjacent to an activating group) is 1. The van der Waals surface area contributed by atoms with Crippen molar-refractivity contribution in [3.05, 3.63) is 42.2 Å². The summed E-state index contributed by atoms with van der Waals surface area (Å²) < 4.78 is 5.42. The summed E-state index contributed by atoms with van der Waals surface area (Å²) in [5, 5.41) is 1.86. The first-order chi connectivity index (χ1) is 13.6. The molecule has 1 saturated heterocycles. The molecule has 0 unspecified atom stereocenters. The molecular weight excluding hydrogens is 372 g/mol. The third kappa shape index (κ3) is 5.53. The summed E-state index contributed by atoms with van der Waals surface area (Å²) in [6, 6.07) is 8.00. The fourth-order valence-corrected chi connectivity index (χ4v) is 4.10. The van der Waals surface area contributed by atoms with E-state index in [1.165, 1.54) is 11.8 Å². The quantitative estimate of drug-likeness (QED) is 0.386. The zero-order valence-corrected chi connectivity index (χ0v) is 17.5. The molecule has 1 aliphatic rings. The third-order valence-corrected chi connectivity index (χ3v) is 5.59. The largest absolute Gasteiger partial charge is 0.379 e. The number of aromatic nitrogens is 2. The summed E-state index contributed by atoms with van der Waals surface area (Å²) >= 11 is 1.49. The van der Waals surface area contributed by atoms with Gasteiger partial charge in [-0.3, -0.25) is 9.69 Å². The molecule has 0 bridgehead atoms. The van der Waals surface area contributed by atoms with Gasteiger partial charge < -0.3 is 9.64 Å². The molecule has 3 rings (SSSR count). The summed E-state index contributed by atoms with van der Waals surface area (Å²) in [4.78, 5) is 26.3. The average Bonchev–Trinajstić information content (AvgIpc) is 2.70. The van der Waals surface area contributed by atoms with E-state index < -0.39 is 0 Å². The Morgan fingerprint density at radius 3 is 2.75 bits per heavy atom. The van der Waals surface area contributed by atoms with Crippen molar-refractivity contribution in [3.63, 3.8) is 0 Å². The van der Waals surface area contributed by atoms with Gasteiger partial charge in [-0.25, -0.2) is 9.97 Å². The number of rotatable bonds is 8. The lowest BCUT2D eigenvalue weighted by Crippen LogP contribution is -2.36. The summed E-state index contributed by atoms with van der Waals surface area (Å²) in [6.07, 6.45) is 0. The summed E-state index contributed by atoms with van der Waals surface area (Å²) in [7, 11) is 0. The fourth-order valence-electron chi connectivity index (χ4n) is 3.16. The molecule has 2 aromatic rings. The van der Waals surface area contributed by atoms with Crippen LogP contribution in [0, 0.1) is 0 Å². The Kier molecular flexibility index (Phi) is 7.42. The van der Waals surface area contributed by atoms with Crippen LogP contribution in [0.4, 0.5) is 0 Å². The van der Waals surface area contributed by atoms with Gasteiger partial charge in [0.15, 0.2) is 0 Å². The van der Waals surface area contributed by atoms with Crippen LogP contribution in [0.5, 0.6) is 0 Å². The molecule has 0 saturated carbocycles. The van der Waals surface area contributed by atoms with Gasteiger partial charge in [-0.05, 0) is 19.9 Å². The van der Waals surface area contributed by atoms with Crippen molar-refractivity contribution >= 4 is 28.6 Å². The first kappa shape index (κ1) is 20.8. The lowest BCUT2D eigenvalue weighted by molar-refractivity contribution is -0.127. The van der Waals surface area contributed by atoms with Crippen molar-refractivity contribution < 1.29 is 9.53 Å². The number of nitrogens with zero attached hydrogens (tertiary/aromatic N) is 4. The standard InChI is InChI=1S/C21H28N4O2S/c1-4-25(13-16(2)3)20(26)15-28-21-17-7-5-6-8-18(17)22-19(23-21)14-24-9-11-27-12-10-24/h5-8H,2,4,9-15H2,1,3H3. The number of fused-ring (bicyclic) bond motifs is 1. The van der Waals surface area contributed by atoms with Gasteiger partial charge in [0.1, 0.15) is 10.9 Å². The number of carbonyl (C=O) groups excluding carboxylic acids is 1. The molecule has 1 aliphatic heterocycles. The van der Waals surface area contributed by atoms with Crippen LogP contribution in [-0.4, -0.2) is 70.8 Å². The molecule has 7 heteroatoms. The van der Waals surface area contributed by atoms with E-state index in [4.69, 9.17) is 14.7 Å². The van der Waals surface area contributed by atoms with Gasteiger partial charge in [0, 0.05) is 31.6 Å². The number of thioether (sulfide) groups is 1. The van der Waals surface area contributed by atoms with Crippen molar-refractivity contribution in [2.45, 2.75) is 25.4 Å². The second-order valence-corrected chi connectivity index (χ2v) is 7.97. The predicted molar refractivity (Wildman–Crippen MR) is 113 cm³/mol. The minimum absolute atomic E-state index is 0.105. The molecule has 1 fully saturated rings. The molecule has 0 atom stereocenters. The number of benzene rings is 1. The Morgan fingerprint density at radius 2 is 2.04 bits per heavy atom. The maximum atomic E-state index is 12.6. The molecule has 1 aromatic carbocycles. The number of ether oxygens (including phenoxy) is 1. The summed E-state index contributed by atoms with van der Waals surface area (Å²) in [6.45, 7) is 13.1. The lowest BCUT2D eigenvalue weighted by atomic mass is 10.2. The highest BCUT2D eigenvalue weighted by Crippen LogP contribution is 2.26. The second kappa shape index (κ2) is 10.0. The molecule has 1 aromatic heterocycles. The lowest BCUT2D eigenvalue weighted by Gasteiger charge is -2.26. The SMILES string of the molecule is C=C(C)CN(CC)C(=O)CSc1nc(CN2CCOCC2)nc2ccccc12. The fraction of sp³-hybridized carbons (Fsp3) is 0.476. The molecule has 28 heavy (non-hydrogen) atoms. The molecule has 0 radical (unpaired) electrons. The average molecular weight is 401 g/mol. The molecule has 0 N–H and O–H groups in total. The Labute approximate surface area is 171 Å². The van der Waals surface area contributed by atoms with Crippen molar-refractivity contribution in [3.8, 4) is 0 Å². The van der Waals surface area contributed by atoms with Crippen LogP contribution in [0.15, 0.2) is 41.4 Å². The van der Waals surface area contributed by atoms with Gasteiger partial charge in [0.25, 0.3) is 0 Å². The minimum Gasteiger partial charge on any atom is -0.379 e. The van der Waals surface area contributed by atoms with Crippen molar-refractivity contribution in [1.82, 2.24) is 19.8 Å². The molecule has 150 valence electrons. The van der Waals surface area contributed by atoms with Crippen LogP contribution in [0.1, 0.15) is 19.7 Å². The normalized spacial score (nSPS) is 14.9. The van der Waals surface area contributed by atoms with Gasteiger partial charge in [-0.1, -0.05) is 42.1 Å². The van der Waals surface area contributed by atoms with Crippen LogP contribution in [-0.2, 0) is 16.1 Å². The van der Waals surface area contributed by atoms with E-state index in [1.54, 1.807) is 0 Å². The molecular formula is C21H28N4O2S. The highest BCUT2D eigenvalue weighted by molar-refractivity contribution is 8.00. The van der Waals surface area contributed by atoms with Crippen LogP contribution in [0.3, 0.4) is 0 Å². The van der Waals surface area contributed by atoms with Crippen molar-refractivity contribution in [2.24, 2.45) is 0 Å². The van der Waals surface area contributed by atoms with Gasteiger partial charge in [-0.15, -0.1) is 0 Å². The smallest absolute Gasteiger partial charge is 0.233 e. The van der Waals surface area contributed by atoms with E-state index in [2.05, 4.69) is 11.5 Å². The number of morpholine rings is 1. The highest BCUT2D eigenvalue weighted by atomic mass is 32.2. The number of carbonyl (C=O) groups is 1. The van der Waals surface area contributed by atoms with Crippen molar-refractivity contribution in [2.75, 3.05) is 45.1 Å². The number of hydrogen-bond donors (Lipinski definition) is 0. The summed E-state index contributed by atoms with van der Waals surface area (Å²) in [5.41, 5.74) is 1.91. The molecule has 0 aliphatic carbocycles. The zero-order chi connectivity index (χ0) is 19.9.